The Bertz CT molecular complexity index is 1080. The fourth-order valence-electron chi connectivity index (χ4n) is 3.73. The molecular formula is C22H24N4O3. The molecule has 1 aliphatic heterocycles. The Hall–Kier alpha value is -3.19. The quantitative estimate of drug-likeness (QED) is 0.719. The topological polar surface area (TPSA) is 80.3 Å². The summed E-state index contributed by atoms with van der Waals surface area (Å²) < 4.78 is 10.9. The van der Waals surface area contributed by atoms with Gasteiger partial charge in [0.15, 0.2) is 5.82 Å². The van der Waals surface area contributed by atoms with E-state index >= 15 is 0 Å². The number of H-pyrrole nitrogens is 1. The predicted molar refractivity (Wildman–Crippen MR) is 110 cm³/mol. The van der Waals surface area contributed by atoms with Crippen LogP contribution in [0.15, 0.2) is 41.3 Å². The van der Waals surface area contributed by atoms with Crippen molar-refractivity contribution in [3.63, 3.8) is 0 Å². The van der Waals surface area contributed by atoms with Gasteiger partial charge in [-0.15, -0.1) is 0 Å². The van der Waals surface area contributed by atoms with E-state index in [1.807, 2.05) is 30.3 Å². The lowest BCUT2D eigenvalue weighted by atomic mass is 10.0. The number of nitrogens with one attached hydrogen (secondary N) is 1. The van der Waals surface area contributed by atoms with Crippen LogP contribution in [0, 0.1) is 6.92 Å². The molecule has 0 fully saturated rings. The molecule has 1 aromatic carbocycles. The number of fused-ring (bicyclic) bond motifs is 1. The van der Waals surface area contributed by atoms with Crippen LogP contribution in [0.5, 0.6) is 11.5 Å². The van der Waals surface area contributed by atoms with E-state index in [0.29, 0.717) is 31.0 Å². The van der Waals surface area contributed by atoms with Crippen LogP contribution in [0.2, 0.25) is 0 Å². The van der Waals surface area contributed by atoms with Crippen molar-refractivity contribution < 1.29 is 9.47 Å². The van der Waals surface area contributed by atoms with Gasteiger partial charge in [-0.3, -0.25) is 14.7 Å². The molecule has 3 aromatic rings. The summed E-state index contributed by atoms with van der Waals surface area (Å²) in [5.74, 6) is 2.09. The highest BCUT2D eigenvalue weighted by Gasteiger charge is 2.23. The fraction of sp³-hybridized carbons (Fsp3) is 0.318. The van der Waals surface area contributed by atoms with Crippen LogP contribution in [-0.4, -0.2) is 40.6 Å². The van der Waals surface area contributed by atoms with E-state index < -0.39 is 0 Å². The molecule has 0 radical (unpaired) electrons. The molecule has 0 saturated carbocycles. The number of nitrogens with zero attached hydrogens (tertiary/aromatic N) is 3. The molecule has 2 aromatic heterocycles. The minimum Gasteiger partial charge on any atom is -0.497 e. The molecule has 4 rings (SSSR count). The maximum absolute atomic E-state index is 12.6. The second kappa shape index (κ2) is 8.05. The first-order valence-electron chi connectivity index (χ1n) is 9.56. The summed E-state index contributed by atoms with van der Waals surface area (Å²) in [6.45, 7) is 4.16. The number of rotatable bonds is 5. The molecule has 0 saturated heterocycles. The van der Waals surface area contributed by atoms with Gasteiger partial charge in [0.2, 0.25) is 0 Å². The van der Waals surface area contributed by atoms with Crippen molar-refractivity contribution >= 4 is 0 Å². The fourth-order valence-corrected chi connectivity index (χ4v) is 3.73. The van der Waals surface area contributed by atoms with Gasteiger partial charge in [-0.25, -0.2) is 4.98 Å². The zero-order valence-electron chi connectivity index (χ0n) is 16.9. The van der Waals surface area contributed by atoms with Gasteiger partial charge in [-0.05, 0) is 37.1 Å². The first kappa shape index (κ1) is 19.1. The standard InChI is InChI=1S/C22H24N4O3/c1-14-10-15(28-2)11-20(29-3)17(14)12-26-9-7-16-19(13-26)24-21(25-22(16)27)18-6-4-5-8-23-18/h4-6,8,10-11H,7,9,12-13H2,1-3H3,(H,24,25,27). The van der Waals surface area contributed by atoms with Crippen LogP contribution in [-0.2, 0) is 19.5 Å². The van der Waals surface area contributed by atoms with E-state index in [0.717, 1.165) is 40.4 Å². The zero-order valence-corrected chi connectivity index (χ0v) is 16.9. The van der Waals surface area contributed by atoms with Crippen molar-refractivity contribution in [3.05, 3.63) is 69.3 Å². The molecule has 0 amide bonds. The minimum atomic E-state index is -0.0755. The second-order valence-electron chi connectivity index (χ2n) is 7.14. The Labute approximate surface area is 169 Å². The number of aromatic nitrogens is 3. The summed E-state index contributed by atoms with van der Waals surface area (Å²) in [4.78, 5) is 26.8. The van der Waals surface area contributed by atoms with E-state index in [4.69, 9.17) is 14.5 Å². The molecule has 0 spiro atoms. The third-order valence-corrected chi connectivity index (χ3v) is 5.30. The molecule has 7 nitrogen and oxygen atoms in total. The summed E-state index contributed by atoms with van der Waals surface area (Å²) in [6, 6.07) is 9.48. The van der Waals surface area contributed by atoms with Crippen LogP contribution in [0.25, 0.3) is 11.5 Å². The van der Waals surface area contributed by atoms with E-state index in [1.165, 1.54) is 0 Å². The summed E-state index contributed by atoms with van der Waals surface area (Å²) >= 11 is 0. The van der Waals surface area contributed by atoms with Gasteiger partial charge in [-0.2, -0.15) is 0 Å². The first-order chi connectivity index (χ1) is 14.1. The Balaban J connectivity index is 1.62. The third kappa shape index (κ3) is 3.86. The molecule has 0 unspecified atom stereocenters. The average molecular weight is 392 g/mol. The lowest BCUT2D eigenvalue weighted by Crippen LogP contribution is -2.35. The van der Waals surface area contributed by atoms with Crippen LogP contribution in [0.4, 0.5) is 0 Å². The monoisotopic (exact) mass is 392 g/mol. The lowest BCUT2D eigenvalue weighted by molar-refractivity contribution is 0.236. The number of ether oxygens (including phenoxy) is 2. The van der Waals surface area contributed by atoms with Gasteiger partial charge in [0.1, 0.15) is 17.2 Å². The van der Waals surface area contributed by atoms with Crippen molar-refractivity contribution in [2.75, 3.05) is 20.8 Å². The smallest absolute Gasteiger partial charge is 0.254 e. The zero-order chi connectivity index (χ0) is 20.4. The number of benzene rings is 1. The highest BCUT2D eigenvalue weighted by Crippen LogP contribution is 2.30. The van der Waals surface area contributed by atoms with Gasteiger partial charge in [0, 0.05) is 43.0 Å². The average Bonchev–Trinajstić information content (AvgIpc) is 2.75. The molecule has 3 heterocycles. The molecule has 0 bridgehead atoms. The molecule has 1 aliphatic rings. The van der Waals surface area contributed by atoms with Crippen molar-refractivity contribution in [2.45, 2.75) is 26.4 Å². The molecule has 150 valence electrons. The van der Waals surface area contributed by atoms with Crippen molar-refractivity contribution in [1.29, 1.82) is 0 Å². The van der Waals surface area contributed by atoms with Gasteiger partial charge in [0.25, 0.3) is 5.56 Å². The number of aromatic amines is 1. The summed E-state index contributed by atoms with van der Waals surface area (Å²) in [5, 5.41) is 0. The summed E-state index contributed by atoms with van der Waals surface area (Å²) in [5.41, 5.74) is 4.39. The van der Waals surface area contributed by atoms with Crippen LogP contribution < -0.4 is 15.0 Å². The van der Waals surface area contributed by atoms with E-state index in [1.54, 1.807) is 20.4 Å². The maximum Gasteiger partial charge on any atom is 0.254 e. The number of hydrogen-bond acceptors (Lipinski definition) is 6. The summed E-state index contributed by atoms with van der Waals surface area (Å²) in [7, 11) is 3.32. The van der Waals surface area contributed by atoms with Gasteiger partial charge < -0.3 is 14.5 Å². The number of pyridine rings is 1. The largest absolute Gasteiger partial charge is 0.497 e. The molecular weight excluding hydrogens is 368 g/mol. The van der Waals surface area contributed by atoms with Gasteiger partial charge >= 0.3 is 0 Å². The highest BCUT2D eigenvalue weighted by atomic mass is 16.5. The maximum atomic E-state index is 12.6. The van der Waals surface area contributed by atoms with E-state index in [-0.39, 0.29) is 5.56 Å². The van der Waals surface area contributed by atoms with E-state index in [9.17, 15) is 4.79 Å². The third-order valence-electron chi connectivity index (χ3n) is 5.30. The van der Waals surface area contributed by atoms with Gasteiger partial charge in [-0.1, -0.05) is 6.07 Å². The molecule has 7 heteroatoms. The number of hydrogen-bond donors (Lipinski definition) is 1. The molecule has 1 N–H and O–H groups in total. The van der Waals surface area contributed by atoms with Crippen molar-refractivity contribution in [2.24, 2.45) is 0 Å². The van der Waals surface area contributed by atoms with E-state index in [2.05, 4.69) is 21.8 Å². The van der Waals surface area contributed by atoms with Crippen LogP contribution in [0.1, 0.15) is 22.4 Å². The van der Waals surface area contributed by atoms with Crippen LogP contribution >= 0.6 is 0 Å². The SMILES string of the molecule is COc1cc(C)c(CN2CCc3c(nc(-c4ccccn4)[nH]c3=O)C2)c(OC)c1. The second-order valence-corrected chi connectivity index (χ2v) is 7.14. The Morgan fingerprint density at radius 2 is 2.07 bits per heavy atom. The lowest BCUT2D eigenvalue weighted by Gasteiger charge is -2.29. The molecule has 29 heavy (non-hydrogen) atoms. The Kier molecular flexibility index (Phi) is 5.31. The summed E-state index contributed by atoms with van der Waals surface area (Å²) in [6.07, 6.45) is 2.36. The highest BCUT2D eigenvalue weighted by molar-refractivity contribution is 5.49. The van der Waals surface area contributed by atoms with Gasteiger partial charge in [0.05, 0.1) is 19.9 Å². The normalized spacial score (nSPS) is 13.8. The van der Waals surface area contributed by atoms with Crippen molar-refractivity contribution in [1.82, 2.24) is 19.9 Å². The van der Waals surface area contributed by atoms with Crippen molar-refractivity contribution in [3.8, 4) is 23.0 Å². The number of methoxy groups -OCH3 is 2. The molecule has 0 aliphatic carbocycles. The Morgan fingerprint density at radius 3 is 2.79 bits per heavy atom. The minimum absolute atomic E-state index is 0.0755. The molecule has 0 atom stereocenters. The first-order valence-corrected chi connectivity index (χ1v) is 9.56. The number of aryl methyl sites for hydroxylation is 1. The Morgan fingerprint density at radius 1 is 1.21 bits per heavy atom. The predicted octanol–water partition coefficient (Wildman–Crippen LogP) is 2.72. The van der Waals surface area contributed by atoms with Crippen LogP contribution in [0.3, 0.4) is 0 Å².